The van der Waals surface area contributed by atoms with Gasteiger partial charge in [0, 0.05) is 23.0 Å². The Bertz CT molecular complexity index is 1540. The lowest BCUT2D eigenvalue weighted by Gasteiger charge is -2.32. The van der Waals surface area contributed by atoms with E-state index in [1.165, 1.54) is 33.4 Å². The molecular formula is C44H57N. The quantitative estimate of drug-likeness (QED) is 0.221. The monoisotopic (exact) mass is 599 g/mol. The van der Waals surface area contributed by atoms with Crippen LogP contribution in [0.3, 0.4) is 0 Å². The van der Waals surface area contributed by atoms with Crippen molar-refractivity contribution in [2.75, 3.05) is 4.90 Å². The van der Waals surface area contributed by atoms with Crippen molar-refractivity contribution < 1.29 is 0 Å². The molecule has 238 valence electrons. The van der Waals surface area contributed by atoms with E-state index in [1.807, 2.05) is 6.08 Å². The Balaban J connectivity index is 2.08. The van der Waals surface area contributed by atoms with Crippen LogP contribution in [0.2, 0.25) is 0 Å². The van der Waals surface area contributed by atoms with Gasteiger partial charge in [0.15, 0.2) is 0 Å². The van der Waals surface area contributed by atoms with Crippen LogP contribution in [0.15, 0.2) is 138 Å². The summed E-state index contributed by atoms with van der Waals surface area (Å²) in [6.07, 6.45) is 11.0. The van der Waals surface area contributed by atoms with Gasteiger partial charge in [0.05, 0.1) is 0 Å². The average Bonchev–Trinajstić information content (AvgIpc) is 2.97. The zero-order chi connectivity index (χ0) is 33.6. The average molecular weight is 600 g/mol. The van der Waals surface area contributed by atoms with Gasteiger partial charge < -0.3 is 4.90 Å². The summed E-state index contributed by atoms with van der Waals surface area (Å²) in [6.45, 7) is 31.5. The third-order valence-electron chi connectivity index (χ3n) is 8.76. The lowest BCUT2D eigenvalue weighted by Crippen LogP contribution is -2.21. The largest absolute Gasteiger partial charge is 0.315 e. The van der Waals surface area contributed by atoms with Crippen molar-refractivity contribution in [3.8, 4) is 11.1 Å². The third kappa shape index (κ3) is 9.57. The maximum atomic E-state index is 4.27. The minimum absolute atomic E-state index is 0.0462. The fourth-order valence-corrected chi connectivity index (χ4v) is 5.73. The smallest absolute Gasteiger partial charge is 0.0458 e. The molecule has 45 heavy (non-hydrogen) atoms. The number of rotatable bonds is 9. The minimum Gasteiger partial charge on any atom is -0.315 e. The van der Waals surface area contributed by atoms with Crippen molar-refractivity contribution in [3.63, 3.8) is 0 Å². The molecule has 0 saturated carbocycles. The molecule has 0 amide bonds. The summed E-state index contributed by atoms with van der Waals surface area (Å²) in [7, 11) is 0. The molecule has 0 aromatic heterocycles. The highest BCUT2D eigenvalue weighted by molar-refractivity contribution is 5.64. The predicted molar refractivity (Wildman–Crippen MR) is 201 cm³/mol. The van der Waals surface area contributed by atoms with Gasteiger partial charge in [-0.05, 0) is 89.6 Å². The highest BCUT2D eigenvalue weighted by Crippen LogP contribution is 2.41. The Morgan fingerprint density at radius 2 is 1.20 bits per heavy atom. The van der Waals surface area contributed by atoms with Crippen LogP contribution < -0.4 is 4.90 Å². The Morgan fingerprint density at radius 1 is 0.644 bits per heavy atom. The number of nitrogens with zero attached hydrogens (tertiary/aromatic N) is 1. The van der Waals surface area contributed by atoms with Crippen LogP contribution >= 0.6 is 0 Å². The summed E-state index contributed by atoms with van der Waals surface area (Å²) in [5, 5.41) is 0. The summed E-state index contributed by atoms with van der Waals surface area (Å²) in [6, 6.07) is 28.7. The Kier molecular flexibility index (Phi) is 11.5. The Hall–Kier alpha value is -3.84. The molecule has 3 rings (SSSR count). The topological polar surface area (TPSA) is 3.24 Å². The second-order valence-electron chi connectivity index (χ2n) is 15.5. The number of hydrogen-bond donors (Lipinski definition) is 0. The molecule has 0 aliphatic carbocycles. The molecule has 0 saturated heterocycles. The van der Waals surface area contributed by atoms with Gasteiger partial charge in [-0.25, -0.2) is 0 Å². The van der Waals surface area contributed by atoms with Crippen LogP contribution in [0.5, 0.6) is 0 Å². The maximum Gasteiger partial charge on any atom is 0.0458 e. The SMILES string of the molecule is C=C/C(=C\C=C(/C)C(c1ccc(-c2ccccc2)cc1)C(C)(C)C)N(/C(C)=C/C=C(\C)C(C)(C)C)c1ccc(C(C)(C)C)cc1. The lowest BCUT2D eigenvalue weighted by molar-refractivity contribution is 0.354. The fraction of sp³-hybridized carbons (Fsp3) is 0.364. The first-order valence-electron chi connectivity index (χ1n) is 16.4. The highest BCUT2D eigenvalue weighted by atomic mass is 15.1. The third-order valence-corrected chi connectivity index (χ3v) is 8.76. The van der Waals surface area contributed by atoms with Crippen molar-refractivity contribution in [2.24, 2.45) is 10.8 Å². The normalized spacial score (nSPS) is 14.8. The van der Waals surface area contributed by atoms with Gasteiger partial charge in [-0.3, -0.25) is 0 Å². The van der Waals surface area contributed by atoms with Crippen LogP contribution in [0.4, 0.5) is 5.69 Å². The van der Waals surface area contributed by atoms with E-state index in [-0.39, 0.29) is 22.2 Å². The molecule has 1 nitrogen and oxygen atoms in total. The maximum absolute atomic E-state index is 4.27. The first-order chi connectivity index (χ1) is 20.9. The van der Waals surface area contributed by atoms with Gasteiger partial charge in [0.25, 0.3) is 0 Å². The lowest BCUT2D eigenvalue weighted by atomic mass is 9.72. The van der Waals surface area contributed by atoms with Gasteiger partial charge in [-0.1, -0.05) is 159 Å². The number of anilines is 1. The van der Waals surface area contributed by atoms with E-state index in [0.717, 1.165) is 17.1 Å². The van der Waals surface area contributed by atoms with E-state index >= 15 is 0 Å². The van der Waals surface area contributed by atoms with Crippen molar-refractivity contribution in [1.82, 2.24) is 0 Å². The molecular weight excluding hydrogens is 542 g/mol. The molecule has 0 N–H and O–H groups in total. The summed E-state index contributed by atoms with van der Waals surface area (Å²) >= 11 is 0. The van der Waals surface area contributed by atoms with Crippen molar-refractivity contribution in [3.05, 3.63) is 149 Å². The van der Waals surface area contributed by atoms with E-state index < -0.39 is 0 Å². The minimum atomic E-state index is 0.0462. The predicted octanol–water partition coefficient (Wildman–Crippen LogP) is 13.2. The fourth-order valence-electron chi connectivity index (χ4n) is 5.73. The zero-order valence-electron chi connectivity index (χ0n) is 30.1. The van der Waals surface area contributed by atoms with Crippen LogP contribution in [0.25, 0.3) is 11.1 Å². The highest BCUT2D eigenvalue weighted by Gasteiger charge is 2.27. The summed E-state index contributed by atoms with van der Waals surface area (Å²) in [4.78, 5) is 2.32. The molecule has 1 atom stereocenters. The standard InChI is InChI=1S/C44H57N/c1-14-39(45(34(4)22-21-33(3)42(5,6)7)40-30-27-38(28-31-40)43(8,9)10)29-20-32(2)41(44(11,12)13)37-25-23-36(24-26-37)35-18-16-15-17-19-35/h14-31,41H,1H2,2-13H3/b32-20+,33-21+,34-22+,39-29+. The molecule has 1 unspecified atom stereocenters. The van der Waals surface area contributed by atoms with Crippen LogP contribution in [0.1, 0.15) is 100 Å². The van der Waals surface area contributed by atoms with Gasteiger partial charge in [0.2, 0.25) is 0 Å². The molecule has 3 aromatic rings. The number of hydrogen-bond acceptors (Lipinski definition) is 1. The van der Waals surface area contributed by atoms with Gasteiger partial charge in [-0.2, -0.15) is 0 Å². The van der Waals surface area contributed by atoms with Crippen molar-refractivity contribution in [2.45, 2.75) is 94.4 Å². The van der Waals surface area contributed by atoms with Gasteiger partial charge >= 0.3 is 0 Å². The summed E-state index contributed by atoms with van der Waals surface area (Å²) < 4.78 is 0. The summed E-state index contributed by atoms with van der Waals surface area (Å²) in [5.74, 6) is 0.262. The molecule has 0 bridgehead atoms. The molecule has 1 heteroatoms. The molecule has 3 aromatic carbocycles. The van der Waals surface area contributed by atoms with E-state index in [1.54, 1.807) is 0 Å². The molecule has 0 spiro atoms. The van der Waals surface area contributed by atoms with Gasteiger partial charge in [-0.15, -0.1) is 0 Å². The van der Waals surface area contributed by atoms with Crippen molar-refractivity contribution in [1.29, 1.82) is 0 Å². The van der Waals surface area contributed by atoms with Crippen LogP contribution in [-0.4, -0.2) is 0 Å². The summed E-state index contributed by atoms with van der Waals surface area (Å²) in [5.41, 5.74) is 11.4. The van der Waals surface area contributed by atoms with E-state index in [2.05, 4.69) is 198 Å². The molecule has 0 fully saturated rings. The zero-order valence-corrected chi connectivity index (χ0v) is 30.1. The molecule has 0 aliphatic heterocycles. The van der Waals surface area contributed by atoms with Crippen molar-refractivity contribution >= 4 is 5.69 Å². The van der Waals surface area contributed by atoms with E-state index in [4.69, 9.17) is 0 Å². The Morgan fingerprint density at radius 3 is 1.69 bits per heavy atom. The van der Waals surface area contributed by atoms with Gasteiger partial charge in [0.1, 0.15) is 0 Å². The first kappa shape index (κ1) is 35.6. The van der Waals surface area contributed by atoms with E-state index in [9.17, 15) is 0 Å². The number of benzene rings is 3. The van der Waals surface area contributed by atoms with Crippen LogP contribution in [-0.2, 0) is 5.41 Å². The first-order valence-corrected chi connectivity index (χ1v) is 16.4. The Labute approximate surface area is 275 Å². The second-order valence-corrected chi connectivity index (χ2v) is 15.5. The second kappa shape index (κ2) is 14.5. The van der Waals surface area contributed by atoms with E-state index in [0.29, 0.717) is 0 Å². The molecule has 0 aliphatic rings. The molecule has 0 radical (unpaired) electrons. The van der Waals surface area contributed by atoms with Crippen LogP contribution in [0, 0.1) is 10.8 Å². The number of allylic oxidation sites excluding steroid dienone is 8. The molecule has 0 heterocycles.